The van der Waals surface area contributed by atoms with Crippen molar-refractivity contribution < 1.29 is 53.8 Å². The zero-order valence-electron chi connectivity index (χ0n) is 27.5. The predicted octanol–water partition coefficient (Wildman–Crippen LogP) is 2.82. The first kappa shape index (κ1) is 36.2. The molecule has 2 aromatic carbocycles. The maximum atomic E-state index is 13.6. The number of carboxylic acids is 1. The van der Waals surface area contributed by atoms with Gasteiger partial charge >= 0.3 is 12.1 Å². The highest BCUT2D eigenvalue weighted by atomic mass is 32.2. The lowest BCUT2D eigenvalue weighted by Gasteiger charge is -2.51. The van der Waals surface area contributed by atoms with Gasteiger partial charge in [0.25, 0.3) is 11.4 Å². The third-order valence-electron chi connectivity index (χ3n) is 9.83. The number of non-ortho nitro benzene ring substituents is 2. The molecule has 2 unspecified atom stereocenters. The van der Waals surface area contributed by atoms with Gasteiger partial charge in [0.15, 0.2) is 6.29 Å². The Hall–Kier alpha value is -4.62. The second kappa shape index (κ2) is 14.2. The molecule has 0 spiro atoms. The second-order valence-electron chi connectivity index (χ2n) is 13.2. The SMILES string of the molecule is C[C@@H](O)[C@H]1C(=O)N2C(C(=O)O)=C(S[C@H]3C[C@@H](C4OCC(CO)O4)N(C(=O)OCc4ccc([N+](=O)[O-])cc4)C3)[C@](C)(Cc3ccc([N+](=O)[O-])cc3)[C@H]12. The van der Waals surface area contributed by atoms with Crippen molar-refractivity contribution in [3.63, 3.8) is 0 Å². The minimum absolute atomic E-state index is 0.0594. The standard InChI is InChI=1S/C33H36N4O13S/c1-17(39)25-27-33(2,12-18-3-7-20(8-4-18)36(44)45)28(26(30(41)42)35(27)29(25)40)51-23-11-24(31-48-16-22(14-38)50-31)34(13-23)32(43)49-15-19-5-9-21(10-6-19)37(46)47/h3-10,17,22-25,27,31,38-39H,11-16H2,1-2H3,(H,41,42)/t17-,22?,23+,24+,25-,27+,31?,33-/m1/s1. The van der Waals surface area contributed by atoms with Crippen LogP contribution in [0.3, 0.4) is 0 Å². The highest BCUT2D eigenvalue weighted by Crippen LogP contribution is 2.60. The molecule has 17 nitrogen and oxygen atoms in total. The van der Waals surface area contributed by atoms with Gasteiger partial charge in [0.1, 0.15) is 18.4 Å². The zero-order chi connectivity index (χ0) is 36.8. The van der Waals surface area contributed by atoms with E-state index in [0.717, 1.165) is 0 Å². The number of β-lactam (4-membered cyclic amide) rings is 1. The third-order valence-corrected chi connectivity index (χ3v) is 11.4. The Bertz CT molecular complexity index is 1750. The van der Waals surface area contributed by atoms with Crippen LogP contribution < -0.4 is 0 Å². The molecule has 4 aliphatic rings. The Morgan fingerprint density at radius 2 is 1.69 bits per heavy atom. The molecule has 3 fully saturated rings. The molecule has 0 bridgehead atoms. The Kier molecular flexibility index (Phi) is 10.1. The molecular formula is C33H36N4O13S. The molecule has 0 radical (unpaired) electrons. The number of carbonyl (C=O) groups excluding carboxylic acids is 2. The van der Waals surface area contributed by atoms with E-state index in [1.807, 2.05) is 6.92 Å². The number of aliphatic hydroxyl groups is 2. The van der Waals surface area contributed by atoms with E-state index < -0.39 is 75.0 Å². The molecule has 4 aliphatic heterocycles. The summed E-state index contributed by atoms with van der Waals surface area (Å²) < 4.78 is 17.3. The van der Waals surface area contributed by atoms with E-state index in [4.69, 9.17) is 14.2 Å². The van der Waals surface area contributed by atoms with Gasteiger partial charge in [-0.15, -0.1) is 11.8 Å². The number of ether oxygens (including phenoxy) is 3. The molecular weight excluding hydrogens is 692 g/mol. The number of thioether (sulfide) groups is 1. The largest absolute Gasteiger partial charge is 0.477 e. The number of carboxylic acid groups (broad SMARTS) is 1. The molecule has 0 aliphatic carbocycles. The fourth-order valence-electron chi connectivity index (χ4n) is 7.42. The van der Waals surface area contributed by atoms with E-state index in [0.29, 0.717) is 16.0 Å². The van der Waals surface area contributed by atoms with Gasteiger partial charge in [0.05, 0.1) is 47.2 Å². The molecule has 18 heteroatoms. The topological polar surface area (TPSA) is 232 Å². The minimum atomic E-state index is -1.34. The number of nitro groups is 2. The molecule has 4 heterocycles. The van der Waals surface area contributed by atoms with Crippen LogP contribution in [0, 0.1) is 31.6 Å². The first-order valence-electron chi connectivity index (χ1n) is 16.2. The van der Waals surface area contributed by atoms with Crippen LogP contribution >= 0.6 is 11.8 Å². The fourth-order valence-corrected chi connectivity index (χ4v) is 9.04. The Morgan fingerprint density at radius 3 is 2.22 bits per heavy atom. The van der Waals surface area contributed by atoms with Crippen molar-refractivity contribution in [1.29, 1.82) is 0 Å². The number of hydrogen-bond acceptors (Lipinski definition) is 13. The summed E-state index contributed by atoms with van der Waals surface area (Å²) in [5, 5.41) is 52.6. The number of rotatable bonds is 12. The van der Waals surface area contributed by atoms with Crippen molar-refractivity contribution in [1.82, 2.24) is 9.80 Å². The second-order valence-corrected chi connectivity index (χ2v) is 14.5. The Balaban J connectivity index is 1.29. The normalized spacial score (nSPS) is 29.1. The molecule has 8 atom stereocenters. The number of amides is 2. The van der Waals surface area contributed by atoms with E-state index in [-0.39, 0.29) is 56.3 Å². The lowest BCUT2D eigenvalue weighted by atomic mass is 9.67. The average Bonchev–Trinajstić information content (AvgIpc) is 3.79. The highest BCUT2D eigenvalue weighted by molar-refractivity contribution is 8.03. The van der Waals surface area contributed by atoms with Crippen LogP contribution in [0.1, 0.15) is 31.4 Å². The number of fused-ring (bicyclic) bond motifs is 1. The van der Waals surface area contributed by atoms with Gasteiger partial charge in [0, 0.05) is 46.4 Å². The summed E-state index contributed by atoms with van der Waals surface area (Å²) in [5.74, 6) is -2.76. The van der Waals surface area contributed by atoms with Gasteiger partial charge in [-0.3, -0.25) is 29.9 Å². The van der Waals surface area contributed by atoms with Crippen LogP contribution in [0.2, 0.25) is 0 Å². The molecule has 3 saturated heterocycles. The number of benzene rings is 2. The number of aliphatic hydroxyl groups excluding tert-OH is 2. The smallest absolute Gasteiger partial charge is 0.410 e. The van der Waals surface area contributed by atoms with Crippen molar-refractivity contribution in [2.24, 2.45) is 11.3 Å². The molecule has 51 heavy (non-hydrogen) atoms. The van der Waals surface area contributed by atoms with Crippen LogP contribution in [0.4, 0.5) is 16.2 Å². The Morgan fingerprint density at radius 1 is 1.08 bits per heavy atom. The van der Waals surface area contributed by atoms with E-state index in [9.17, 15) is 49.9 Å². The maximum absolute atomic E-state index is 13.6. The number of nitro benzene ring substituents is 2. The average molecular weight is 729 g/mol. The van der Waals surface area contributed by atoms with Gasteiger partial charge < -0.3 is 34.4 Å². The molecule has 0 aromatic heterocycles. The molecule has 0 saturated carbocycles. The van der Waals surface area contributed by atoms with Gasteiger partial charge in [-0.05, 0) is 43.0 Å². The van der Waals surface area contributed by atoms with Gasteiger partial charge in [-0.2, -0.15) is 0 Å². The predicted molar refractivity (Wildman–Crippen MR) is 177 cm³/mol. The summed E-state index contributed by atoms with van der Waals surface area (Å²) in [7, 11) is 0. The minimum Gasteiger partial charge on any atom is -0.477 e. The maximum Gasteiger partial charge on any atom is 0.410 e. The Labute approximate surface area is 295 Å². The van der Waals surface area contributed by atoms with Gasteiger partial charge in [-0.25, -0.2) is 9.59 Å². The number of hydrogen-bond donors (Lipinski definition) is 3. The van der Waals surface area contributed by atoms with E-state index >= 15 is 0 Å². The molecule has 6 rings (SSSR count). The van der Waals surface area contributed by atoms with Crippen LogP contribution in [-0.2, 0) is 36.8 Å². The van der Waals surface area contributed by atoms with Crippen LogP contribution in [0.5, 0.6) is 0 Å². The van der Waals surface area contributed by atoms with Gasteiger partial charge in [0.2, 0.25) is 5.91 Å². The lowest BCUT2D eigenvalue weighted by Crippen LogP contribution is -2.66. The summed E-state index contributed by atoms with van der Waals surface area (Å²) >= 11 is 1.20. The number of aliphatic carboxylic acids is 1. The van der Waals surface area contributed by atoms with E-state index in [1.165, 1.54) is 64.9 Å². The van der Waals surface area contributed by atoms with E-state index in [1.54, 1.807) is 12.1 Å². The summed E-state index contributed by atoms with van der Waals surface area (Å²) in [5.41, 5.74) is -0.346. The van der Waals surface area contributed by atoms with Crippen molar-refractivity contribution >= 4 is 41.1 Å². The first-order chi connectivity index (χ1) is 24.2. The van der Waals surface area contributed by atoms with Crippen molar-refractivity contribution in [3.8, 4) is 0 Å². The zero-order valence-corrected chi connectivity index (χ0v) is 28.3. The molecule has 2 aromatic rings. The van der Waals surface area contributed by atoms with Crippen molar-refractivity contribution in [3.05, 3.63) is 90.5 Å². The summed E-state index contributed by atoms with van der Waals surface area (Å²) in [6.07, 6.45) is -2.92. The number of nitrogens with zero attached hydrogens (tertiary/aromatic N) is 4. The lowest BCUT2D eigenvalue weighted by molar-refractivity contribution is -0.385. The first-order valence-corrected chi connectivity index (χ1v) is 17.0. The fraction of sp³-hybridized carbons (Fsp3) is 0.485. The van der Waals surface area contributed by atoms with Crippen LogP contribution in [0.25, 0.3) is 0 Å². The summed E-state index contributed by atoms with van der Waals surface area (Å²) in [6, 6.07) is 9.95. The van der Waals surface area contributed by atoms with Crippen LogP contribution in [-0.4, -0.2) is 109 Å². The van der Waals surface area contributed by atoms with E-state index in [2.05, 4.69) is 0 Å². The quantitative estimate of drug-likeness (QED) is 0.162. The van der Waals surface area contributed by atoms with Crippen molar-refractivity contribution in [2.75, 3.05) is 19.8 Å². The molecule has 3 N–H and O–H groups in total. The summed E-state index contributed by atoms with van der Waals surface area (Å²) in [6.45, 7) is 2.93. The van der Waals surface area contributed by atoms with Gasteiger partial charge in [-0.1, -0.05) is 19.1 Å². The number of likely N-dealkylation sites (tertiary alicyclic amines) is 1. The monoisotopic (exact) mass is 728 g/mol. The third kappa shape index (κ3) is 6.76. The highest BCUT2D eigenvalue weighted by Gasteiger charge is 2.66. The number of carbonyl (C=O) groups is 3. The molecule has 2 amide bonds. The van der Waals surface area contributed by atoms with Crippen molar-refractivity contribution in [2.45, 2.75) is 69.1 Å². The molecule has 272 valence electrons. The summed E-state index contributed by atoms with van der Waals surface area (Å²) in [4.78, 5) is 64.0. The van der Waals surface area contributed by atoms with Crippen LogP contribution in [0.15, 0.2) is 59.1 Å².